The average molecular weight is 1770 g/mol. The summed E-state index contributed by atoms with van der Waals surface area (Å²) in [5, 5.41) is 33.7. The van der Waals surface area contributed by atoms with E-state index in [9.17, 15) is 0 Å². The summed E-state index contributed by atoms with van der Waals surface area (Å²) in [7, 11) is 0. The number of ether oxygens (including phenoxy) is 4. The number of hydrogen-bond acceptors (Lipinski definition) is 17. The fourth-order valence-electron chi connectivity index (χ4n) is 22.6. The molecule has 16 nitrogen and oxygen atoms in total. The molecule has 1 spiro atoms. The number of nitrogens with zero attached hydrogens (tertiary/aromatic N) is 1. The highest BCUT2D eigenvalue weighted by Gasteiger charge is 2.42. The molecule has 8 aliphatic carbocycles. The molecular weight excluding hydrogens is 1600 g/mol. The molecule has 5 atom stereocenters. The summed E-state index contributed by atoms with van der Waals surface area (Å²) >= 11 is 1.72. The Bertz CT molecular complexity index is 3280. The normalized spacial score (nSPS) is 28.3. The molecule has 19 fully saturated rings. The third-order valence-electron chi connectivity index (χ3n) is 31.0. The molecule has 10 bridgehead atoms. The van der Waals surface area contributed by atoms with Gasteiger partial charge < -0.3 is 72.1 Å². The highest BCUT2D eigenvalue weighted by atomic mass is 32.2. The fourth-order valence-corrected chi connectivity index (χ4v) is 23.4. The molecule has 8 saturated carbocycles. The van der Waals surface area contributed by atoms with Crippen LogP contribution in [-0.4, -0.2) is 160 Å². The lowest BCUT2D eigenvalue weighted by atomic mass is 9.71. The molecule has 0 aromatic heterocycles. The number of fused-ring (bicyclic) bond motifs is 19. The third-order valence-corrected chi connectivity index (χ3v) is 31.9. The summed E-state index contributed by atoms with van der Waals surface area (Å²) in [6, 6.07) is 54.9. The number of anilines is 1. The van der Waals surface area contributed by atoms with Crippen molar-refractivity contribution >= 4 is 17.6 Å². The van der Waals surface area contributed by atoms with Gasteiger partial charge in [-0.15, -0.1) is 0 Å². The topological polar surface area (TPSA) is 172 Å². The molecule has 31 rings (SSSR count). The lowest BCUT2D eigenvalue weighted by molar-refractivity contribution is -0.0168. The summed E-state index contributed by atoms with van der Waals surface area (Å²) in [6.45, 7) is 27.4. The number of piperazine rings is 1. The van der Waals surface area contributed by atoms with Crippen LogP contribution in [0, 0.1) is 40.9 Å². The van der Waals surface area contributed by atoms with E-state index in [0.29, 0.717) is 6.04 Å². The summed E-state index contributed by atoms with van der Waals surface area (Å²) in [6.07, 6.45) is 55.4. The standard InChI is InChI=1S/C9H11N.2C8H9N.2C8H8O.C8H14.C7H14N2O.C7H7NS.2C7H13N.C7H12.C6H11N.C6H12.C5H10N2.C5H11N.C5H10O/c1-2-4-9-7-10-6-5-8(9)3-1;1-2-4-8-6-9-5-7(8)3-1;1-2-4-8-7(3-1)5-6-9-8;1-2-4-8-6-9-5-7(8)3-1;1-2-4-8-7(3-1)5-6-9-8;1-2-8-5-3-7(1)4-6-8;1-2-9-3-4-10-6-7(9)5-8-1;1-2-4-7-6(3-1)5-8-9-7;1-3-7-4-2-6(1)5-8-7;1-2-6-4-5-7(3-1)8-6;1-2-7-4-3-6(1)5-7;1-2-6-3-5(1)4-7-6;1-2-4-6-5-3-1;1-5(2-6-1)3-7-4-5;2*1-2-4-6-5-3-1/h1-4,10H,5-7H2;2*1-4,9H,5-6H2;2*1-4H,5-6H2;7-8H,1-6H2;7-8H,1-6H2;1-4,8H,5H2;2*6-8H,1-5H2;6-7H,1-5H2;5-7H,1-4H2;1-6H2;6-7H,1-4H2;6H,1-5H2;1-5H2. The monoisotopic (exact) mass is 1770 g/mol. The number of piperidine rings is 5. The van der Waals surface area contributed by atoms with Gasteiger partial charge in [-0.3, -0.25) is 9.62 Å². The maximum absolute atomic E-state index is 5.36. The minimum atomic E-state index is 0.655. The van der Waals surface area contributed by atoms with E-state index in [1.165, 1.54) is 298 Å². The first-order valence-corrected chi connectivity index (χ1v) is 53.4. The Morgan fingerprint density at radius 1 is 0.312 bits per heavy atom. The van der Waals surface area contributed by atoms with Gasteiger partial charge in [0.1, 0.15) is 5.75 Å². The first kappa shape index (κ1) is 98.7. The Morgan fingerprint density at radius 2 is 0.820 bits per heavy atom. The number of rotatable bonds is 0. The number of benzene rings is 6. The quantitative estimate of drug-likeness (QED) is 0.0648. The van der Waals surface area contributed by atoms with Crippen LogP contribution >= 0.6 is 11.9 Å². The van der Waals surface area contributed by atoms with E-state index < -0.39 is 0 Å². The lowest BCUT2D eigenvalue weighted by Gasteiger charge is -2.50. The summed E-state index contributed by atoms with van der Waals surface area (Å²) in [4.78, 5) is 3.89. The maximum Gasteiger partial charge on any atom is 0.122 e. The van der Waals surface area contributed by atoms with Crippen molar-refractivity contribution in [2.45, 2.75) is 318 Å². The van der Waals surface area contributed by atoms with Crippen LogP contribution in [0.25, 0.3) is 0 Å². The van der Waals surface area contributed by atoms with Gasteiger partial charge in [0.25, 0.3) is 0 Å². The molecule has 11 saturated heterocycles. The van der Waals surface area contributed by atoms with Gasteiger partial charge in [-0.1, -0.05) is 243 Å². The number of hydrogen-bond donors (Lipinski definition) is 11. The molecule has 25 aliphatic rings. The minimum Gasteiger partial charge on any atom is -0.493 e. The van der Waals surface area contributed by atoms with Gasteiger partial charge in [0, 0.05) is 151 Å². The van der Waals surface area contributed by atoms with Gasteiger partial charge in [-0.25, -0.2) is 0 Å². The molecule has 706 valence electrons. The van der Waals surface area contributed by atoms with Crippen molar-refractivity contribution in [3.05, 3.63) is 196 Å². The van der Waals surface area contributed by atoms with E-state index in [0.717, 1.165) is 171 Å². The zero-order valence-electron chi connectivity index (χ0n) is 79.2. The SMILES string of the molecule is C1CC2CC1CN2.C1CC2CCC(C1)N2.C1CC2CCC1C2.C1CC2CCC1CC2.C1CC2CCC1CN2.C1CCCCC1.C1CCNCC1.C1CCOCC1.C1CN2CCOCC2CN1.C1NCC12CNC2.c1ccc2c(c1)CCN2.c1ccc2c(c1)CCNC2.c1ccc2c(c1)CCO2.c1ccc2c(c1)CNC2.c1ccc2c(c1)CNS2.c1ccc2c(c1)COC2. The van der Waals surface area contributed by atoms with E-state index in [1.807, 2.05) is 30.3 Å². The minimum absolute atomic E-state index is 0.655. The van der Waals surface area contributed by atoms with Gasteiger partial charge in [0.15, 0.2) is 0 Å². The van der Waals surface area contributed by atoms with Crippen LogP contribution in [0.3, 0.4) is 0 Å². The van der Waals surface area contributed by atoms with E-state index in [1.54, 1.807) is 82.6 Å². The van der Waals surface area contributed by atoms with Gasteiger partial charge in [-0.05, 0) is 270 Å². The maximum atomic E-state index is 5.36. The Labute approximate surface area is 780 Å². The van der Waals surface area contributed by atoms with Crippen molar-refractivity contribution in [2.24, 2.45) is 40.9 Å². The van der Waals surface area contributed by atoms with Crippen LogP contribution in [0.2, 0.25) is 0 Å². The lowest BCUT2D eigenvalue weighted by Crippen LogP contribution is -2.69. The van der Waals surface area contributed by atoms with Crippen LogP contribution < -0.4 is 62.6 Å². The van der Waals surface area contributed by atoms with Crippen molar-refractivity contribution in [3.8, 4) is 5.75 Å². The van der Waals surface area contributed by atoms with Crippen molar-refractivity contribution in [2.75, 3.05) is 130 Å². The Hall–Kier alpha value is -5.29. The average Bonchev–Trinajstić information content (AvgIpc) is 1.26. The second-order valence-electron chi connectivity index (χ2n) is 40.7. The van der Waals surface area contributed by atoms with Crippen LogP contribution in [-0.2, 0) is 72.9 Å². The van der Waals surface area contributed by atoms with Gasteiger partial charge in [0.2, 0.25) is 0 Å². The van der Waals surface area contributed by atoms with Crippen LogP contribution in [0.1, 0.15) is 275 Å². The molecule has 0 amide bonds. The first-order chi connectivity index (χ1) is 63.4. The third kappa shape index (κ3) is 34.9. The second-order valence-corrected chi connectivity index (χ2v) is 41.7. The van der Waals surface area contributed by atoms with Crippen LogP contribution in [0.4, 0.5) is 5.69 Å². The summed E-state index contributed by atoms with van der Waals surface area (Å²) in [5.74, 6) is 7.82. The van der Waals surface area contributed by atoms with Gasteiger partial charge >= 0.3 is 0 Å². The molecule has 6 aromatic carbocycles. The molecule has 11 N–H and O–H groups in total. The molecular formula is C111H172N12O4S. The number of nitrogens with one attached hydrogen (secondary N) is 11. The molecule has 6 aromatic rings. The number of para-hydroxylation sites is 2. The second kappa shape index (κ2) is 57.4. The Morgan fingerprint density at radius 3 is 1.26 bits per heavy atom. The molecule has 17 aliphatic heterocycles. The van der Waals surface area contributed by atoms with Crippen molar-refractivity contribution in [1.29, 1.82) is 0 Å². The molecule has 0 radical (unpaired) electrons. The summed E-state index contributed by atoms with van der Waals surface area (Å²) < 4.78 is 24.1. The zero-order chi connectivity index (χ0) is 87.2. The molecule has 17 heteroatoms. The highest BCUT2D eigenvalue weighted by molar-refractivity contribution is 7.97. The number of morpholine rings is 1. The van der Waals surface area contributed by atoms with Crippen molar-refractivity contribution in [1.82, 2.24) is 57.5 Å². The van der Waals surface area contributed by atoms with Gasteiger partial charge in [-0.2, -0.15) is 0 Å². The molecule has 5 unspecified atom stereocenters. The predicted molar refractivity (Wildman–Crippen MR) is 535 cm³/mol. The first-order valence-electron chi connectivity index (χ1n) is 52.6. The molecule has 17 heterocycles. The smallest absolute Gasteiger partial charge is 0.122 e. The summed E-state index contributed by atoms with van der Waals surface area (Å²) in [5.41, 5.74) is 14.8. The largest absolute Gasteiger partial charge is 0.493 e. The van der Waals surface area contributed by atoms with Gasteiger partial charge in [0.05, 0.1) is 33.0 Å². The van der Waals surface area contributed by atoms with E-state index in [-0.39, 0.29) is 0 Å². The van der Waals surface area contributed by atoms with Crippen molar-refractivity contribution in [3.63, 3.8) is 0 Å². The fraction of sp³-hybridized carbons (Fsp3) is 0.676. The zero-order valence-corrected chi connectivity index (χ0v) is 80.1. The van der Waals surface area contributed by atoms with Crippen LogP contribution in [0.15, 0.2) is 150 Å². The predicted octanol–water partition coefficient (Wildman–Crippen LogP) is 20.1. The highest BCUT2D eigenvalue weighted by Crippen LogP contribution is 2.44. The van der Waals surface area contributed by atoms with E-state index in [2.05, 4.69) is 178 Å². The van der Waals surface area contributed by atoms with Crippen molar-refractivity contribution < 1.29 is 18.9 Å². The van der Waals surface area contributed by atoms with E-state index >= 15 is 0 Å². The van der Waals surface area contributed by atoms with Crippen LogP contribution in [0.5, 0.6) is 5.75 Å². The molecule has 128 heavy (non-hydrogen) atoms. The Kier molecular flexibility index (Phi) is 44.3. The Balaban J connectivity index is 0.000000111. The van der Waals surface area contributed by atoms with E-state index in [4.69, 9.17) is 18.9 Å².